The van der Waals surface area contributed by atoms with Crippen molar-refractivity contribution in [3.63, 3.8) is 0 Å². The van der Waals surface area contributed by atoms with Gasteiger partial charge in [-0.2, -0.15) is 13.9 Å². The van der Waals surface area contributed by atoms with Crippen LogP contribution in [0.25, 0.3) is 0 Å². The van der Waals surface area contributed by atoms with Gasteiger partial charge in [-0.15, -0.1) is 0 Å². The Morgan fingerprint density at radius 2 is 2.08 bits per heavy atom. The zero-order valence-corrected chi connectivity index (χ0v) is 14.1. The number of aryl methyl sites for hydroxylation is 2. The van der Waals surface area contributed by atoms with Crippen LogP contribution in [0, 0.1) is 0 Å². The van der Waals surface area contributed by atoms with Gasteiger partial charge in [0.2, 0.25) is 0 Å². The van der Waals surface area contributed by atoms with E-state index in [4.69, 9.17) is 0 Å². The maximum atomic E-state index is 12.3. The molecular formula is C18H23F2N3O. The molecule has 0 bridgehead atoms. The van der Waals surface area contributed by atoms with E-state index < -0.39 is 6.61 Å². The van der Waals surface area contributed by atoms with Crippen molar-refractivity contribution in [3.05, 3.63) is 46.8 Å². The molecule has 1 aromatic heterocycles. The highest BCUT2D eigenvalue weighted by Gasteiger charge is 2.19. The Hall–Kier alpha value is -1.95. The summed E-state index contributed by atoms with van der Waals surface area (Å²) in [7, 11) is 1.98. The minimum Gasteiger partial charge on any atom is -0.435 e. The molecule has 0 saturated heterocycles. The van der Waals surface area contributed by atoms with Crippen LogP contribution in [0.4, 0.5) is 8.78 Å². The van der Waals surface area contributed by atoms with Crippen molar-refractivity contribution in [3.8, 4) is 5.75 Å². The van der Waals surface area contributed by atoms with Gasteiger partial charge in [0, 0.05) is 19.6 Å². The predicted octanol–water partition coefficient (Wildman–Crippen LogP) is 3.75. The second-order valence-corrected chi connectivity index (χ2v) is 6.26. The van der Waals surface area contributed by atoms with Crippen molar-refractivity contribution >= 4 is 0 Å². The number of alkyl halides is 2. The van der Waals surface area contributed by atoms with E-state index in [2.05, 4.69) is 15.2 Å². The number of rotatable bonds is 6. The summed E-state index contributed by atoms with van der Waals surface area (Å²) in [6.45, 7) is -0.0750. The third-order valence-corrected chi connectivity index (χ3v) is 4.61. The minimum atomic E-state index is -2.80. The lowest BCUT2D eigenvalue weighted by atomic mass is 9.96. The number of hydrogen-bond donors (Lipinski definition) is 1. The van der Waals surface area contributed by atoms with Crippen LogP contribution in [0.15, 0.2) is 24.3 Å². The van der Waals surface area contributed by atoms with Crippen molar-refractivity contribution in [1.82, 2.24) is 15.1 Å². The van der Waals surface area contributed by atoms with E-state index in [1.807, 2.05) is 24.7 Å². The summed E-state index contributed by atoms with van der Waals surface area (Å²) in [5.41, 5.74) is 4.74. The Bertz CT molecular complexity index is 700. The smallest absolute Gasteiger partial charge is 0.387 e. The monoisotopic (exact) mass is 335 g/mol. The number of halogens is 2. The Morgan fingerprint density at radius 1 is 1.29 bits per heavy atom. The highest BCUT2D eigenvalue weighted by atomic mass is 19.3. The Kier molecular flexibility index (Phi) is 5.14. The van der Waals surface area contributed by atoms with E-state index in [1.165, 1.54) is 29.8 Å². The molecule has 3 rings (SSSR count). The fraction of sp³-hybridized carbons (Fsp3) is 0.500. The quantitative estimate of drug-likeness (QED) is 0.874. The topological polar surface area (TPSA) is 39.1 Å². The lowest BCUT2D eigenvalue weighted by Crippen LogP contribution is -2.21. The minimum absolute atomic E-state index is 0.0281. The number of ether oxygens (including phenoxy) is 1. The van der Waals surface area contributed by atoms with Crippen LogP contribution in [0.2, 0.25) is 0 Å². The van der Waals surface area contributed by atoms with Crippen molar-refractivity contribution in [2.75, 3.05) is 0 Å². The number of nitrogens with zero attached hydrogens (tertiary/aromatic N) is 2. The highest BCUT2D eigenvalue weighted by Crippen LogP contribution is 2.25. The molecule has 1 atom stereocenters. The summed E-state index contributed by atoms with van der Waals surface area (Å²) in [5, 5.41) is 8.09. The van der Waals surface area contributed by atoms with Gasteiger partial charge in [-0.3, -0.25) is 4.68 Å². The van der Waals surface area contributed by atoms with Gasteiger partial charge in [0.25, 0.3) is 0 Å². The highest BCUT2D eigenvalue weighted by molar-refractivity contribution is 5.31. The van der Waals surface area contributed by atoms with Gasteiger partial charge in [-0.25, -0.2) is 0 Å². The van der Waals surface area contributed by atoms with Gasteiger partial charge in [0.1, 0.15) is 5.75 Å². The zero-order valence-electron chi connectivity index (χ0n) is 14.1. The van der Waals surface area contributed by atoms with Gasteiger partial charge in [-0.1, -0.05) is 12.1 Å². The Morgan fingerprint density at radius 3 is 2.88 bits per heavy atom. The molecule has 0 amide bonds. The van der Waals surface area contributed by atoms with E-state index in [0.29, 0.717) is 6.54 Å². The molecule has 0 aliphatic heterocycles. The lowest BCUT2D eigenvalue weighted by Gasteiger charge is -2.17. The molecule has 0 spiro atoms. The maximum Gasteiger partial charge on any atom is 0.387 e. The second kappa shape index (κ2) is 7.30. The van der Waals surface area contributed by atoms with Crippen LogP contribution in [0.3, 0.4) is 0 Å². The first-order valence-corrected chi connectivity index (χ1v) is 8.36. The van der Waals surface area contributed by atoms with Crippen molar-refractivity contribution < 1.29 is 13.5 Å². The number of benzene rings is 1. The molecule has 0 saturated carbocycles. The number of nitrogens with one attached hydrogen (secondary N) is 1. The molecule has 0 fully saturated rings. The molecule has 1 aliphatic rings. The van der Waals surface area contributed by atoms with Crippen LogP contribution >= 0.6 is 0 Å². The largest absolute Gasteiger partial charge is 0.435 e. The van der Waals surface area contributed by atoms with Crippen LogP contribution < -0.4 is 10.1 Å². The molecule has 1 aromatic carbocycles. The number of hydrogen-bond acceptors (Lipinski definition) is 3. The van der Waals surface area contributed by atoms with Crippen molar-refractivity contribution in [1.29, 1.82) is 0 Å². The Balaban J connectivity index is 1.68. The first-order chi connectivity index (χ1) is 11.5. The van der Waals surface area contributed by atoms with Crippen molar-refractivity contribution in [2.45, 2.75) is 51.8 Å². The molecular weight excluding hydrogens is 312 g/mol. The van der Waals surface area contributed by atoms with E-state index in [0.717, 1.165) is 18.4 Å². The van der Waals surface area contributed by atoms with Gasteiger partial charge in [0.05, 0.1) is 11.4 Å². The predicted molar refractivity (Wildman–Crippen MR) is 88.2 cm³/mol. The summed E-state index contributed by atoms with van der Waals surface area (Å²) in [6.07, 6.45) is 4.58. The van der Waals surface area contributed by atoms with Crippen LogP contribution in [-0.2, 0) is 26.4 Å². The van der Waals surface area contributed by atoms with Crippen LogP contribution in [-0.4, -0.2) is 16.4 Å². The van der Waals surface area contributed by atoms with Crippen molar-refractivity contribution in [2.24, 2.45) is 7.05 Å². The number of aromatic nitrogens is 2. The first kappa shape index (κ1) is 16.9. The average Bonchev–Trinajstić information content (AvgIpc) is 2.87. The van der Waals surface area contributed by atoms with Gasteiger partial charge >= 0.3 is 6.61 Å². The molecule has 1 aliphatic carbocycles. The van der Waals surface area contributed by atoms with Gasteiger partial charge in [-0.05, 0) is 55.9 Å². The fourth-order valence-corrected chi connectivity index (χ4v) is 3.30. The second-order valence-electron chi connectivity index (χ2n) is 6.26. The fourth-order valence-electron chi connectivity index (χ4n) is 3.30. The summed E-state index contributed by atoms with van der Waals surface area (Å²) in [5.74, 6) is 0.189. The molecule has 1 N–H and O–H groups in total. The standard InChI is InChI=1S/C18H23F2N3O/c1-12(13-6-5-7-14(10-13)24-18(19)20)21-11-17-15-8-3-4-9-16(15)22-23(17)2/h5-7,10,12,18,21H,3-4,8-9,11H2,1-2H3. The van der Waals surface area contributed by atoms with Crippen LogP contribution in [0.1, 0.15) is 48.3 Å². The zero-order chi connectivity index (χ0) is 17.1. The summed E-state index contributed by atoms with van der Waals surface area (Å²) in [4.78, 5) is 0. The summed E-state index contributed by atoms with van der Waals surface area (Å²) in [6, 6.07) is 6.87. The third kappa shape index (κ3) is 3.75. The molecule has 1 unspecified atom stereocenters. The number of fused-ring (bicyclic) bond motifs is 1. The molecule has 24 heavy (non-hydrogen) atoms. The summed E-state index contributed by atoms with van der Waals surface area (Å²) >= 11 is 0. The lowest BCUT2D eigenvalue weighted by molar-refractivity contribution is -0.0499. The third-order valence-electron chi connectivity index (χ3n) is 4.61. The molecule has 0 radical (unpaired) electrons. The maximum absolute atomic E-state index is 12.3. The molecule has 6 heteroatoms. The molecule has 130 valence electrons. The summed E-state index contributed by atoms with van der Waals surface area (Å²) < 4.78 is 31.1. The molecule has 4 nitrogen and oxygen atoms in total. The average molecular weight is 335 g/mol. The Labute approximate surface area is 140 Å². The SMILES string of the molecule is CC(NCc1c2c(nn1C)CCCC2)c1cccc(OC(F)F)c1. The van der Waals surface area contributed by atoms with E-state index in [1.54, 1.807) is 18.2 Å². The molecule has 2 aromatic rings. The van der Waals surface area contributed by atoms with Gasteiger partial charge < -0.3 is 10.1 Å². The van der Waals surface area contributed by atoms with E-state index in [-0.39, 0.29) is 11.8 Å². The van der Waals surface area contributed by atoms with E-state index in [9.17, 15) is 8.78 Å². The molecule has 1 heterocycles. The normalized spacial score (nSPS) is 15.4. The van der Waals surface area contributed by atoms with Gasteiger partial charge in [0.15, 0.2) is 0 Å². The first-order valence-electron chi connectivity index (χ1n) is 8.36. The van der Waals surface area contributed by atoms with Crippen LogP contribution in [0.5, 0.6) is 5.75 Å². The van der Waals surface area contributed by atoms with E-state index >= 15 is 0 Å².